The predicted molar refractivity (Wildman–Crippen MR) is 538 cm³/mol. The van der Waals surface area contributed by atoms with E-state index in [1.807, 2.05) is 183 Å². The molecule has 18 rings (SSSR count). The third-order valence-electron chi connectivity index (χ3n) is 25.7. The van der Waals surface area contributed by atoms with Crippen LogP contribution in [0.3, 0.4) is 0 Å². The topological polar surface area (TPSA) is 271 Å². The van der Waals surface area contributed by atoms with Crippen LogP contribution in [0.2, 0.25) is 0 Å². The lowest BCUT2D eigenvalue weighted by molar-refractivity contribution is -0.113. The van der Waals surface area contributed by atoms with Gasteiger partial charge in [-0.3, -0.25) is 76.8 Å². The van der Waals surface area contributed by atoms with Gasteiger partial charge < -0.3 is 0 Å². The summed E-state index contributed by atoms with van der Waals surface area (Å²) in [7, 11) is 6.38. The first-order valence-electron chi connectivity index (χ1n) is 44.3. The summed E-state index contributed by atoms with van der Waals surface area (Å²) in [6, 6.07) is 32.6. The van der Waals surface area contributed by atoms with Crippen LogP contribution in [0.25, 0.3) is 47.7 Å². The minimum Gasteiger partial charge on any atom is -0.289 e. The van der Waals surface area contributed by atoms with Crippen LogP contribution < -0.4 is 21.0 Å². The summed E-state index contributed by atoms with van der Waals surface area (Å²) in [6.07, 6.45) is 27.9. The molecule has 0 fully saturated rings. The highest BCUT2D eigenvalue weighted by molar-refractivity contribution is 6.40. The number of ketones is 9. The Morgan fingerprint density at radius 1 is 0.301 bits per heavy atom. The number of carbonyl (C=O) groups excluding carboxylic acids is 13. The van der Waals surface area contributed by atoms with Gasteiger partial charge in [0, 0.05) is 88.7 Å². The molecule has 0 saturated heterocycles. The number of imide groups is 2. The molecular formula is C117H108N6O13. The van der Waals surface area contributed by atoms with Crippen molar-refractivity contribution in [3.8, 4) is 0 Å². The van der Waals surface area contributed by atoms with Gasteiger partial charge in [0.1, 0.15) is 0 Å². The Labute approximate surface area is 791 Å². The molecule has 1 aromatic heterocycles. The Balaban J connectivity index is 0.000000143. The molecule has 19 nitrogen and oxygen atoms in total. The van der Waals surface area contributed by atoms with E-state index in [0.29, 0.717) is 60.9 Å². The summed E-state index contributed by atoms with van der Waals surface area (Å²) >= 11 is 0. The van der Waals surface area contributed by atoms with Crippen molar-refractivity contribution in [1.29, 1.82) is 0 Å². The van der Waals surface area contributed by atoms with E-state index in [-0.39, 0.29) is 57.6 Å². The molecule has 19 heteroatoms. The smallest absolute Gasteiger partial charge is 0.261 e. The molecule has 7 aromatic carbocycles. The normalized spacial score (nSPS) is 16.9. The summed E-state index contributed by atoms with van der Waals surface area (Å²) in [4.78, 5) is 159. The fourth-order valence-electron chi connectivity index (χ4n) is 17.8. The predicted octanol–water partition coefficient (Wildman–Crippen LogP) is 19.6. The molecule has 0 atom stereocenters. The van der Waals surface area contributed by atoms with E-state index in [1.165, 1.54) is 82.2 Å². The molecule has 0 bridgehead atoms. The highest BCUT2D eigenvalue weighted by Gasteiger charge is 2.39. The van der Waals surface area contributed by atoms with Gasteiger partial charge in [-0.1, -0.05) is 117 Å². The zero-order valence-electron chi connectivity index (χ0n) is 81.2. The van der Waals surface area contributed by atoms with E-state index < -0.39 is 23.6 Å². The maximum absolute atomic E-state index is 12.4. The van der Waals surface area contributed by atoms with Gasteiger partial charge in [0.05, 0.1) is 22.8 Å². The summed E-state index contributed by atoms with van der Waals surface area (Å²) < 4.78 is 1.85. The highest BCUT2D eigenvalue weighted by Crippen LogP contribution is 2.42. The fourth-order valence-corrected chi connectivity index (χ4v) is 17.8. The van der Waals surface area contributed by atoms with Crippen molar-refractivity contribution < 1.29 is 62.3 Å². The van der Waals surface area contributed by atoms with Crippen molar-refractivity contribution >= 4 is 123 Å². The molecule has 0 N–H and O–H groups in total. The Morgan fingerprint density at radius 2 is 0.596 bits per heavy atom. The number of fused-ring (bicyclic) bond motifs is 3. The number of azo groups is 1. The monoisotopic (exact) mass is 1800 g/mol. The average Bonchev–Trinajstić information content (AvgIpc) is 0.849. The van der Waals surface area contributed by atoms with Crippen LogP contribution in [0.15, 0.2) is 305 Å². The summed E-state index contributed by atoms with van der Waals surface area (Å²) in [5.74, 6) is -1.75. The van der Waals surface area contributed by atoms with Gasteiger partial charge in [0.25, 0.3) is 23.6 Å². The van der Waals surface area contributed by atoms with Gasteiger partial charge in [-0.2, -0.15) is 15.3 Å². The Bertz CT molecular complexity index is 7340. The van der Waals surface area contributed by atoms with Gasteiger partial charge in [0.2, 0.25) is 0 Å². The van der Waals surface area contributed by atoms with Gasteiger partial charge in [-0.15, -0.1) is 0 Å². The van der Waals surface area contributed by atoms with Crippen LogP contribution in [0.5, 0.6) is 0 Å². The van der Waals surface area contributed by atoms with Gasteiger partial charge >= 0.3 is 0 Å². The quantitative estimate of drug-likeness (QED) is 0.0674. The molecule has 10 aliphatic rings. The van der Waals surface area contributed by atoms with Crippen molar-refractivity contribution in [3.05, 3.63) is 421 Å². The van der Waals surface area contributed by atoms with E-state index in [0.717, 1.165) is 148 Å². The lowest BCUT2D eigenvalue weighted by Crippen LogP contribution is -2.40. The molecule has 136 heavy (non-hydrogen) atoms. The molecule has 684 valence electrons. The number of allylic oxidation sites excluding steroid dienone is 33. The van der Waals surface area contributed by atoms with E-state index in [2.05, 4.69) is 101 Å². The van der Waals surface area contributed by atoms with Crippen LogP contribution in [0.1, 0.15) is 216 Å². The van der Waals surface area contributed by atoms with Gasteiger partial charge in [0.15, 0.2) is 52.0 Å². The second-order valence-corrected chi connectivity index (χ2v) is 35.3. The molecule has 8 aromatic rings. The van der Waals surface area contributed by atoms with E-state index >= 15 is 0 Å². The van der Waals surface area contributed by atoms with Gasteiger partial charge in [-0.25, -0.2) is 0 Å². The number of benzene rings is 7. The maximum Gasteiger partial charge on any atom is 0.261 e. The molecule has 0 spiro atoms. The lowest BCUT2D eigenvalue weighted by atomic mass is 9.79. The maximum atomic E-state index is 12.4. The van der Waals surface area contributed by atoms with Crippen LogP contribution in [-0.4, -0.2) is 116 Å². The first-order valence-corrected chi connectivity index (χ1v) is 44.3. The summed E-state index contributed by atoms with van der Waals surface area (Å²) in [5, 5.41) is 19.5. The minimum atomic E-state index is -0.431. The number of Topliss-reactive ketones (excluding diaryl/α,β-unsaturated/α-hetero) is 9. The molecule has 0 radical (unpaired) electrons. The largest absolute Gasteiger partial charge is 0.289 e. The summed E-state index contributed by atoms with van der Waals surface area (Å²) in [5.41, 5.74) is 29.3. The summed E-state index contributed by atoms with van der Waals surface area (Å²) in [6.45, 7) is 48.9. The SMILES string of the molecule is C=c1c(C)c(C)c(=c2c(C)nn(C)c2=C)c(C)c1C.C=c1c(C)cc(=CC=C2C=C(C)C(=O)C(C)=C2)cc1C.CC1=C/C(=C2/C=C(C)C(=O)c3ccccc32)c2ccccc2C1=O.CC1=CC(=C2C(=O)c3ccccc3C2=O)C=C(C)C1=O.CC1=CC(=C2C=C(C)C(=O)C(C)=C2)C=C(C)C1=O.CN1C(=O)c2ccc3c4c(ccc(c24)C1=O)C(=O)N(C)C3=O.CN=NC=C1C=C(C)C(=O)C(C)=C1. The lowest BCUT2D eigenvalue weighted by Gasteiger charge is -2.29. The fraction of sp³-hybridized carbons (Fsp3) is 0.197. The number of hydrogen-bond donors (Lipinski definition) is 0. The van der Waals surface area contributed by atoms with Crippen molar-refractivity contribution in [2.24, 2.45) is 17.3 Å². The number of amides is 4. The minimum absolute atomic E-state index is 0.0511. The standard InChI is InChI=1S/C22H16O2.C19H20O.C17H22N2.C17H12O3.C16H10N2O4.C16H16O2.C10H12N2O/c1-13-11-19(15-7-3-5-9-17(15)21(13)23)20-12-14(2)22(24)18-10-6-4-8-16(18)20;1-12-8-17(9-13(2)16(12)5)6-7-18-10-14(3)19(20)15(4)11-18;1-9-10(2)12(4)16(13(5)11(9)3)17-14(6)18-19(8)15(17)7;1-9-7-11(8-10(2)15(9)18)14-16(19)12-5-3-4-6-13(12)17(14)20;1-17-13(19)7-3-5-9-12-10(16(22)18(2)15(9)21)6-4-8(11(7)12)14(17)20;1-9-5-13(6-10(2)15(9)17)14-7-11(3)16(18)12(4)8-14;1-7-4-9(6-12-11-3)5-8(2)10(7)13/h3-12H,1-2H3;6-11H,5H2,1-4H3;1,7H2,2-6,8H3;3-8H,1-2H3;3-6H,1-2H3;5-8H,1-4H3;4-6H,1-3H3/b20-19+;;;;;;. The Hall–Kier alpha value is -16.0. The highest BCUT2D eigenvalue weighted by atomic mass is 16.2. The first kappa shape index (κ1) is 99.0. The Morgan fingerprint density at radius 3 is 0.912 bits per heavy atom. The zero-order chi connectivity index (χ0) is 99.7. The van der Waals surface area contributed by atoms with Crippen LogP contribution >= 0.6 is 0 Å². The third kappa shape index (κ3) is 19.5. The first-order chi connectivity index (χ1) is 64.2. The van der Waals surface area contributed by atoms with Crippen molar-refractivity contribution in [3.63, 3.8) is 0 Å². The van der Waals surface area contributed by atoms with Crippen LogP contribution in [-0.2, 0) is 31.0 Å². The number of nitrogens with zero attached hydrogens (tertiary/aromatic N) is 6. The van der Waals surface area contributed by atoms with E-state index in [4.69, 9.17) is 0 Å². The molecule has 0 saturated carbocycles. The van der Waals surface area contributed by atoms with Crippen molar-refractivity contribution in [1.82, 2.24) is 19.6 Å². The van der Waals surface area contributed by atoms with Crippen molar-refractivity contribution in [2.45, 2.75) is 132 Å². The molecule has 0 unspecified atom stereocenters. The third-order valence-corrected chi connectivity index (χ3v) is 25.7. The van der Waals surface area contributed by atoms with Crippen LogP contribution in [0.4, 0.5) is 0 Å². The van der Waals surface area contributed by atoms with Crippen molar-refractivity contribution in [2.75, 3.05) is 21.1 Å². The van der Waals surface area contributed by atoms with Gasteiger partial charge in [-0.05, 0) is 400 Å². The molecule has 2 aliphatic heterocycles. The molecule has 3 heterocycles. The average molecular weight is 1810 g/mol. The van der Waals surface area contributed by atoms with E-state index in [1.54, 1.807) is 77.4 Å². The number of aryl methyl sites for hydroxylation is 4. The Kier molecular flexibility index (Phi) is 29.3. The number of aromatic nitrogens is 2. The number of rotatable bonds is 2. The number of hydrogen-bond acceptors (Lipinski definition) is 16. The van der Waals surface area contributed by atoms with E-state index in [9.17, 15) is 62.3 Å². The zero-order valence-corrected chi connectivity index (χ0v) is 81.2. The second-order valence-electron chi connectivity index (χ2n) is 35.3. The van der Waals surface area contributed by atoms with Crippen LogP contribution in [0, 0.1) is 58.9 Å². The second kappa shape index (κ2) is 40.2. The molecule has 8 aliphatic carbocycles. The number of carbonyl (C=O) groups is 13. The molecule has 4 amide bonds. The molecular weight excluding hydrogens is 1700 g/mol.